The molecule has 0 radical (unpaired) electrons. The first kappa shape index (κ1) is 16.5. The summed E-state index contributed by atoms with van der Waals surface area (Å²) < 4.78 is 14.7. The van der Waals surface area contributed by atoms with Crippen LogP contribution >= 0.6 is 11.6 Å². The maximum atomic E-state index is 14.7. The van der Waals surface area contributed by atoms with Crippen molar-refractivity contribution < 1.29 is 19.1 Å². The monoisotopic (exact) mass is 328 g/mol. The Hall–Kier alpha value is -1.82. The van der Waals surface area contributed by atoms with Crippen LogP contribution in [0.4, 0.5) is 9.18 Å². The molecule has 1 aliphatic carbocycles. The molecule has 2 N–H and O–H groups in total. The molecule has 2 rings (SSSR count). The third kappa shape index (κ3) is 3.88. The van der Waals surface area contributed by atoms with Crippen LogP contribution in [0.2, 0.25) is 5.02 Å². The molecule has 1 saturated carbocycles. The van der Waals surface area contributed by atoms with Crippen molar-refractivity contribution in [2.45, 2.75) is 31.0 Å². The summed E-state index contributed by atoms with van der Waals surface area (Å²) in [5.74, 6) is -0.966. The number of carboxylic acid groups (broad SMARTS) is 1. The molecular formula is C15H18ClFN2O3. The highest BCUT2D eigenvalue weighted by Crippen LogP contribution is 2.45. The van der Waals surface area contributed by atoms with Gasteiger partial charge in [-0.25, -0.2) is 9.18 Å². The summed E-state index contributed by atoms with van der Waals surface area (Å²) >= 11 is 5.86. The molecule has 120 valence electrons. The zero-order chi connectivity index (χ0) is 16.3. The van der Waals surface area contributed by atoms with E-state index in [1.54, 1.807) is 24.3 Å². The first-order valence-corrected chi connectivity index (χ1v) is 7.36. The number of benzene rings is 1. The van der Waals surface area contributed by atoms with E-state index in [1.165, 1.54) is 11.9 Å². The highest BCUT2D eigenvalue weighted by molar-refractivity contribution is 6.30. The van der Waals surface area contributed by atoms with Crippen molar-refractivity contribution in [1.82, 2.24) is 10.2 Å². The van der Waals surface area contributed by atoms with E-state index < -0.39 is 11.6 Å². The van der Waals surface area contributed by atoms with Crippen LogP contribution in [0.5, 0.6) is 0 Å². The van der Waals surface area contributed by atoms with E-state index in [0.29, 0.717) is 10.6 Å². The van der Waals surface area contributed by atoms with Crippen LogP contribution in [0.1, 0.15) is 24.8 Å². The number of hydrogen-bond donors (Lipinski definition) is 2. The van der Waals surface area contributed by atoms with Gasteiger partial charge in [0.15, 0.2) is 0 Å². The average molecular weight is 329 g/mol. The van der Waals surface area contributed by atoms with Crippen molar-refractivity contribution >= 4 is 23.6 Å². The summed E-state index contributed by atoms with van der Waals surface area (Å²) in [5, 5.41) is 11.8. The third-order valence-electron chi connectivity index (χ3n) is 3.82. The van der Waals surface area contributed by atoms with Gasteiger partial charge in [-0.05, 0) is 17.7 Å². The van der Waals surface area contributed by atoms with Gasteiger partial charge in [0.2, 0.25) is 0 Å². The molecule has 0 spiro atoms. The minimum Gasteiger partial charge on any atom is -0.481 e. The Balaban J connectivity index is 1.83. The minimum atomic E-state index is -1.47. The van der Waals surface area contributed by atoms with Crippen molar-refractivity contribution in [3.8, 4) is 0 Å². The fourth-order valence-corrected chi connectivity index (χ4v) is 2.67. The summed E-state index contributed by atoms with van der Waals surface area (Å²) in [6.45, 7) is 0.114. The standard InChI is InChI=1S/C15H18ClFN2O3/c1-19(6-5-13(20)21)14(22)18-12-8-15(17,9-12)10-3-2-4-11(16)7-10/h2-4,7,12H,5-6,8-9H2,1H3,(H,18,22)(H,20,21). The van der Waals surface area contributed by atoms with E-state index in [1.807, 2.05) is 0 Å². The van der Waals surface area contributed by atoms with Gasteiger partial charge in [0, 0.05) is 37.5 Å². The number of carboxylic acids is 1. The Morgan fingerprint density at radius 3 is 2.77 bits per heavy atom. The average Bonchev–Trinajstić information content (AvgIpc) is 2.42. The van der Waals surface area contributed by atoms with Gasteiger partial charge in [-0.1, -0.05) is 23.7 Å². The molecule has 0 bridgehead atoms. The SMILES string of the molecule is CN(CCC(=O)O)C(=O)NC1CC(F)(c2cccc(Cl)c2)C1. The molecule has 5 nitrogen and oxygen atoms in total. The van der Waals surface area contributed by atoms with E-state index in [4.69, 9.17) is 16.7 Å². The van der Waals surface area contributed by atoms with Crippen molar-refractivity contribution in [3.05, 3.63) is 34.9 Å². The number of urea groups is 1. The quantitative estimate of drug-likeness (QED) is 0.873. The van der Waals surface area contributed by atoms with Gasteiger partial charge in [-0.15, -0.1) is 0 Å². The molecule has 1 aliphatic rings. The Bertz CT molecular complexity index is 576. The molecule has 1 aromatic carbocycles. The van der Waals surface area contributed by atoms with Crippen LogP contribution in [-0.2, 0) is 10.5 Å². The van der Waals surface area contributed by atoms with Crippen LogP contribution in [0, 0.1) is 0 Å². The molecule has 2 amide bonds. The third-order valence-corrected chi connectivity index (χ3v) is 4.05. The number of alkyl halides is 1. The molecule has 1 fully saturated rings. The van der Waals surface area contributed by atoms with Gasteiger partial charge in [0.05, 0.1) is 6.42 Å². The topological polar surface area (TPSA) is 69.6 Å². The lowest BCUT2D eigenvalue weighted by molar-refractivity contribution is -0.137. The maximum Gasteiger partial charge on any atom is 0.317 e. The number of nitrogens with one attached hydrogen (secondary N) is 1. The van der Waals surface area contributed by atoms with Gasteiger partial charge in [0.1, 0.15) is 5.67 Å². The summed E-state index contributed by atoms with van der Waals surface area (Å²) in [6, 6.07) is 6.01. The van der Waals surface area contributed by atoms with E-state index in [2.05, 4.69) is 5.32 Å². The Kier molecular flexibility index (Phi) is 4.90. The summed E-state index contributed by atoms with van der Waals surface area (Å²) in [7, 11) is 1.51. The zero-order valence-corrected chi connectivity index (χ0v) is 12.9. The van der Waals surface area contributed by atoms with Crippen LogP contribution < -0.4 is 5.32 Å². The molecule has 0 aliphatic heterocycles. The number of carbonyl (C=O) groups is 2. The van der Waals surface area contributed by atoms with Crippen LogP contribution in [0.3, 0.4) is 0 Å². The summed E-state index contributed by atoms with van der Waals surface area (Å²) in [6.07, 6.45) is 0.252. The van der Waals surface area contributed by atoms with Gasteiger partial charge in [0.25, 0.3) is 0 Å². The highest BCUT2D eigenvalue weighted by atomic mass is 35.5. The number of amides is 2. The van der Waals surface area contributed by atoms with Gasteiger partial charge in [-0.3, -0.25) is 4.79 Å². The molecule has 7 heteroatoms. The number of nitrogens with zero attached hydrogens (tertiary/aromatic N) is 1. The normalized spacial score (nSPS) is 23.5. The molecule has 1 aromatic rings. The molecule has 22 heavy (non-hydrogen) atoms. The maximum absolute atomic E-state index is 14.7. The van der Waals surface area contributed by atoms with Gasteiger partial charge < -0.3 is 15.3 Å². The second-order valence-electron chi connectivity index (χ2n) is 5.60. The zero-order valence-electron chi connectivity index (χ0n) is 12.2. The second kappa shape index (κ2) is 6.52. The van der Waals surface area contributed by atoms with Crippen LogP contribution in [0.25, 0.3) is 0 Å². The van der Waals surface area contributed by atoms with Crippen molar-refractivity contribution in [1.29, 1.82) is 0 Å². The Morgan fingerprint density at radius 1 is 1.50 bits per heavy atom. The lowest BCUT2D eigenvalue weighted by atomic mass is 9.73. The van der Waals surface area contributed by atoms with Gasteiger partial charge in [-0.2, -0.15) is 0 Å². The smallest absolute Gasteiger partial charge is 0.317 e. The number of hydrogen-bond acceptors (Lipinski definition) is 2. The highest BCUT2D eigenvalue weighted by Gasteiger charge is 2.47. The predicted octanol–water partition coefficient (Wildman–Crippen LogP) is 2.78. The molecule has 0 aromatic heterocycles. The molecule has 0 saturated heterocycles. The summed E-state index contributed by atoms with van der Waals surface area (Å²) in [5.41, 5.74) is -0.951. The first-order valence-electron chi connectivity index (χ1n) is 6.98. The van der Waals surface area contributed by atoms with Crippen molar-refractivity contribution in [2.24, 2.45) is 0 Å². The van der Waals surface area contributed by atoms with Crippen LogP contribution in [-0.4, -0.2) is 41.6 Å². The second-order valence-corrected chi connectivity index (χ2v) is 6.03. The number of aliphatic carboxylic acids is 1. The predicted molar refractivity (Wildman–Crippen MR) is 80.7 cm³/mol. The van der Waals surface area contributed by atoms with E-state index >= 15 is 0 Å². The van der Waals surface area contributed by atoms with Crippen molar-refractivity contribution in [2.75, 3.05) is 13.6 Å². The number of halogens is 2. The molecule has 0 atom stereocenters. The molecule has 0 heterocycles. The Morgan fingerprint density at radius 2 is 2.18 bits per heavy atom. The van der Waals surface area contributed by atoms with E-state index in [9.17, 15) is 14.0 Å². The lowest BCUT2D eigenvalue weighted by Gasteiger charge is -2.42. The minimum absolute atomic E-state index is 0.114. The fourth-order valence-electron chi connectivity index (χ4n) is 2.48. The van der Waals surface area contributed by atoms with Gasteiger partial charge >= 0.3 is 12.0 Å². The number of rotatable bonds is 5. The molecular weight excluding hydrogens is 311 g/mol. The largest absolute Gasteiger partial charge is 0.481 e. The summed E-state index contributed by atoms with van der Waals surface area (Å²) in [4.78, 5) is 23.6. The molecule has 0 unspecified atom stereocenters. The number of carbonyl (C=O) groups excluding carboxylic acids is 1. The van der Waals surface area contributed by atoms with Crippen molar-refractivity contribution in [3.63, 3.8) is 0 Å². The van der Waals surface area contributed by atoms with Crippen LogP contribution in [0.15, 0.2) is 24.3 Å². The van der Waals surface area contributed by atoms with E-state index in [-0.39, 0.29) is 37.9 Å². The Labute approximate surface area is 133 Å². The fraction of sp³-hybridized carbons (Fsp3) is 0.467. The van der Waals surface area contributed by atoms with E-state index in [0.717, 1.165) is 0 Å². The lowest BCUT2D eigenvalue weighted by Crippen LogP contribution is -2.53. The first-order chi connectivity index (χ1) is 10.3.